The highest BCUT2D eigenvalue weighted by Gasteiger charge is 2.52. The minimum absolute atomic E-state index is 0.00385. The fraction of sp³-hybridized carbons (Fsp3) is 0.375. The van der Waals surface area contributed by atoms with Gasteiger partial charge in [-0.3, -0.25) is 14.6 Å². The Labute approximate surface area is 174 Å². The Hall–Kier alpha value is -3.02. The topological polar surface area (TPSA) is 59.5 Å². The number of ether oxygens (including phenoxy) is 1. The van der Waals surface area contributed by atoms with Gasteiger partial charge in [0.2, 0.25) is 0 Å². The first-order valence-electron chi connectivity index (χ1n) is 10.4. The Morgan fingerprint density at radius 2 is 1.97 bits per heavy atom. The maximum atomic E-state index is 13.6. The Morgan fingerprint density at radius 1 is 1.17 bits per heavy atom. The predicted molar refractivity (Wildman–Crippen MR) is 107 cm³/mol. The Balaban J connectivity index is 1.58. The van der Waals surface area contributed by atoms with Crippen LogP contribution in [0, 0.1) is 17.7 Å². The molecule has 1 amide bonds. The molecule has 4 unspecified atom stereocenters. The number of rotatable bonds is 3. The van der Waals surface area contributed by atoms with Gasteiger partial charge in [0.25, 0.3) is 5.91 Å². The van der Waals surface area contributed by atoms with Crippen LogP contribution in [0.2, 0.25) is 0 Å². The average molecular weight is 406 g/mol. The summed E-state index contributed by atoms with van der Waals surface area (Å²) in [6, 6.07) is 9.13. The van der Waals surface area contributed by atoms with E-state index < -0.39 is 6.04 Å². The van der Waals surface area contributed by atoms with Crippen LogP contribution in [0.1, 0.15) is 43.4 Å². The highest BCUT2D eigenvalue weighted by molar-refractivity contribution is 6.11. The van der Waals surface area contributed by atoms with E-state index in [0.717, 1.165) is 24.8 Å². The van der Waals surface area contributed by atoms with E-state index in [1.54, 1.807) is 29.4 Å². The minimum Gasteiger partial charge on any atom is -0.483 e. The van der Waals surface area contributed by atoms with Crippen LogP contribution in [0.25, 0.3) is 0 Å². The summed E-state index contributed by atoms with van der Waals surface area (Å²) in [5.41, 5.74) is 1.99. The molecule has 1 aliphatic carbocycles. The van der Waals surface area contributed by atoms with Crippen LogP contribution in [-0.4, -0.2) is 27.7 Å². The van der Waals surface area contributed by atoms with E-state index >= 15 is 0 Å². The number of pyridine rings is 1. The van der Waals surface area contributed by atoms with Crippen molar-refractivity contribution in [1.82, 2.24) is 9.88 Å². The van der Waals surface area contributed by atoms with Gasteiger partial charge < -0.3 is 9.64 Å². The number of amides is 1. The largest absolute Gasteiger partial charge is 0.483 e. The lowest BCUT2D eigenvalue weighted by Gasteiger charge is -2.37. The summed E-state index contributed by atoms with van der Waals surface area (Å²) in [5.74, 6) is -0.231. The highest BCUT2D eigenvalue weighted by atomic mass is 19.1. The average Bonchev–Trinajstić information content (AvgIpc) is 3.02. The summed E-state index contributed by atoms with van der Waals surface area (Å²) in [4.78, 5) is 32.7. The van der Waals surface area contributed by atoms with E-state index in [1.165, 1.54) is 12.1 Å². The summed E-state index contributed by atoms with van der Waals surface area (Å²) in [6.07, 6.45) is 5.69. The predicted octanol–water partition coefficient (Wildman–Crippen LogP) is 3.96. The zero-order chi connectivity index (χ0) is 20.8. The summed E-state index contributed by atoms with van der Waals surface area (Å²) >= 11 is 0. The van der Waals surface area contributed by atoms with Crippen LogP contribution < -0.4 is 0 Å². The maximum Gasteiger partial charge on any atom is 0.290 e. The number of hydrogen-bond acceptors (Lipinski definition) is 4. The summed E-state index contributed by atoms with van der Waals surface area (Å²) in [7, 11) is 0. The van der Waals surface area contributed by atoms with Crippen molar-refractivity contribution in [3.05, 3.63) is 77.1 Å². The van der Waals surface area contributed by atoms with Gasteiger partial charge in [0.05, 0.1) is 17.5 Å². The molecule has 30 heavy (non-hydrogen) atoms. The first kappa shape index (κ1) is 19.0. The van der Waals surface area contributed by atoms with Gasteiger partial charge in [0, 0.05) is 18.9 Å². The Bertz CT molecular complexity index is 1020. The molecule has 2 aliphatic heterocycles. The van der Waals surface area contributed by atoms with Crippen molar-refractivity contribution in [3.63, 3.8) is 0 Å². The molecule has 1 aromatic heterocycles. The second-order valence-corrected chi connectivity index (χ2v) is 8.54. The van der Waals surface area contributed by atoms with Gasteiger partial charge >= 0.3 is 0 Å². The minimum atomic E-state index is -0.584. The van der Waals surface area contributed by atoms with Crippen LogP contribution >= 0.6 is 0 Å². The molecule has 0 saturated heterocycles. The number of hydrogen-bond donors (Lipinski definition) is 0. The SMILES string of the molecule is CC1CCC2OC3=C(C(=O)C2C1)C(c1ccc(F)cc1)N(Cc1cccnc1)C3=O. The smallest absolute Gasteiger partial charge is 0.290 e. The third-order valence-corrected chi connectivity index (χ3v) is 6.47. The zero-order valence-electron chi connectivity index (χ0n) is 16.8. The first-order chi connectivity index (χ1) is 14.5. The van der Waals surface area contributed by atoms with Gasteiger partial charge in [-0.2, -0.15) is 0 Å². The van der Waals surface area contributed by atoms with Crippen molar-refractivity contribution in [2.45, 2.75) is 44.9 Å². The van der Waals surface area contributed by atoms with Crippen molar-refractivity contribution < 1.29 is 18.7 Å². The van der Waals surface area contributed by atoms with Gasteiger partial charge in [-0.05, 0) is 54.5 Å². The molecule has 5 nitrogen and oxygen atoms in total. The molecule has 0 bridgehead atoms. The number of halogens is 1. The van der Waals surface area contributed by atoms with Crippen molar-refractivity contribution in [2.24, 2.45) is 11.8 Å². The molecule has 0 spiro atoms. The monoisotopic (exact) mass is 406 g/mol. The van der Waals surface area contributed by atoms with Gasteiger partial charge in [0.1, 0.15) is 11.9 Å². The van der Waals surface area contributed by atoms with E-state index in [9.17, 15) is 14.0 Å². The molecular weight excluding hydrogens is 383 g/mol. The molecule has 154 valence electrons. The lowest BCUT2D eigenvalue weighted by atomic mass is 9.74. The number of carbonyl (C=O) groups is 2. The number of ketones is 1. The molecule has 4 atom stereocenters. The van der Waals surface area contributed by atoms with Crippen molar-refractivity contribution in [2.75, 3.05) is 0 Å². The molecule has 3 heterocycles. The fourth-order valence-electron chi connectivity index (χ4n) is 4.97. The quantitative estimate of drug-likeness (QED) is 0.774. The van der Waals surface area contributed by atoms with Crippen molar-refractivity contribution in [3.8, 4) is 0 Å². The van der Waals surface area contributed by atoms with Gasteiger partial charge in [-0.1, -0.05) is 25.1 Å². The second-order valence-electron chi connectivity index (χ2n) is 8.54. The van der Waals surface area contributed by atoms with E-state index in [-0.39, 0.29) is 35.3 Å². The number of benzene rings is 1. The molecule has 0 radical (unpaired) electrons. The molecular formula is C24H23FN2O3. The summed E-state index contributed by atoms with van der Waals surface area (Å²) < 4.78 is 19.7. The number of Topliss-reactive ketones (excluding diaryl/α,β-unsaturated/α-hetero) is 1. The van der Waals surface area contributed by atoms with Crippen LogP contribution in [0.3, 0.4) is 0 Å². The first-order valence-corrected chi connectivity index (χ1v) is 10.4. The molecule has 2 aromatic rings. The molecule has 1 fully saturated rings. The third-order valence-electron chi connectivity index (χ3n) is 6.47. The van der Waals surface area contributed by atoms with E-state index in [2.05, 4.69) is 11.9 Å². The highest BCUT2D eigenvalue weighted by Crippen LogP contribution is 2.47. The maximum absolute atomic E-state index is 13.6. The van der Waals surface area contributed by atoms with E-state index in [4.69, 9.17) is 4.74 Å². The molecule has 5 rings (SSSR count). The lowest BCUT2D eigenvalue weighted by Crippen LogP contribution is -2.41. The van der Waals surface area contributed by atoms with Crippen LogP contribution in [0.15, 0.2) is 60.1 Å². The van der Waals surface area contributed by atoms with E-state index in [0.29, 0.717) is 23.6 Å². The van der Waals surface area contributed by atoms with Crippen LogP contribution in [0.5, 0.6) is 0 Å². The fourth-order valence-corrected chi connectivity index (χ4v) is 4.97. The summed E-state index contributed by atoms with van der Waals surface area (Å²) in [6.45, 7) is 2.45. The van der Waals surface area contributed by atoms with Gasteiger partial charge in [0.15, 0.2) is 11.5 Å². The zero-order valence-corrected chi connectivity index (χ0v) is 16.8. The number of nitrogens with zero attached hydrogens (tertiary/aromatic N) is 2. The van der Waals surface area contributed by atoms with Gasteiger partial charge in [-0.15, -0.1) is 0 Å². The summed E-state index contributed by atoms with van der Waals surface area (Å²) in [5, 5.41) is 0. The van der Waals surface area contributed by atoms with Crippen LogP contribution in [0.4, 0.5) is 4.39 Å². The van der Waals surface area contributed by atoms with Gasteiger partial charge in [-0.25, -0.2) is 4.39 Å². The number of fused-ring (bicyclic) bond motifs is 1. The standard InChI is InChI=1S/C24H23FN2O3/c1-14-4-9-19-18(11-14)22(28)20-21(16-5-7-17(25)8-6-16)27(24(29)23(20)30-19)13-15-3-2-10-26-12-15/h2-3,5-8,10,12,14,18-19,21H,4,9,11,13H2,1H3. The molecule has 6 heteroatoms. The van der Waals surface area contributed by atoms with Crippen molar-refractivity contribution in [1.29, 1.82) is 0 Å². The normalized spacial score (nSPS) is 28.3. The number of aromatic nitrogens is 1. The van der Waals surface area contributed by atoms with Crippen molar-refractivity contribution >= 4 is 11.7 Å². The number of carbonyl (C=O) groups excluding carboxylic acids is 2. The molecule has 1 aromatic carbocycles. The Morgan fingerprint density at radius 3 is 2.70 bits per heavy atom. The molecule has 3 aliphatic rings. The molecule has 0 N–H and O–H groups in total. The Kier molecular flexibility index (Phi) is 4.65. The van der Waals surface area contributed by atoms with E-state index in [1.807, 2.05) is 12.1 Å². The van der Waals surface area contributed by atoms with Crippen LogP contribution in [-0.2, 0) is 20.9 Å². The second kappa shape index (κ2) is 7.35. The molecule has 1 saturated carbocycles. The third kappa shape index (κ3) is 3.11. The lowest BCUT2D eigenvalue weighted by molar-refractivity contribution is -0.136.